The van der Waals surface area contributed by atoms with E-state index in [1.807, 2.05) is 0 Å². The van der Waals surface area contributed by atoms with Gasteiger partial charge in [0.05, 0.1) is 18.3 Å². The molecule has 1 atom stereocenters. The van der Waals surface area contributed by atoms with Crippen molar-refractivity contribution in [2.75, 3.05) is 6.54 Å². The summed E-state index contributed by atoms with van der Waals surface area (Å²) in [6.07, 6.45) is 8.13. The van der Waals surface area contributed by atoms with E-state index in [9.17, 15) is 19.5 Å². The van der Waals surface area contributed by atoms with Gasteiger partial charge in [-0.2, -0.15) is 5.10 Å². The molecule has 1 unspecified atom stereocenters. The Morgan fingerprint density at radius 1 is 1.32 bits per heavy atom. The van der Waals surface area contributed by atoms with Crippen molar-refractivity contribution in [3.8, 4) is 0 Å². The fourth-order valence-electron chi connectivity index (χ4n) is 2.66. The zero-order valence-corrected chi connectivity index (χ0v) is 14.2. The van der Waals surface area contributed by atoms with Crippen molar-refractivity contribution in [2.45, 2.75) is 57.2 Å². The second-order valence-corrected chi connectivity index (χ2v) is 6.59. The molecule has 1 aromatic heterocycles. The lowest BCUT2D eigenvalue weighted by atomic mass is 9.95. The Bertz CT molecular complexity index is 634. The van der Waals surface area contributed by atoms with Crippen molar-refractivity contribution in [1.82, 2.24) is 20.4 Å². The van der Waals surface area contributed by atoms with Crippen molar-refractivity contribution in [3.05, 3.63) is 18.0 Å². The minimum Gasteiger partial charge on any atom is -0.479 e. The number of carboxylic acids is 1. The number of rotatable bonds is 7. The Hall–Kier alpha value is -2.42. The molecule has 0 aliphatic heterocycles. The second kappa shape index (κ2) is 8.11. The van der Waals surface area contributed by atoms with E-state index in [0.717, 1.165) is 32.6 Å². The number of aliphatic carboxylic acids is 1. The molecule has 0 radical (unpaired) electrons. The molecule has 0 spiro atoms. The summed E-state index contributed by atoms with van der Waals surface area (Å²) in [4.78, 5) is 34.8. The van der Waals surface area contributed by atoms with Gasteiger partial charge in [0, 0.05) is 12.2 Å². The Morgan fingerprint density at radius 3 is 2.64 bits per heavy atom. The molecule has 0 bridgehead atoms. The van der Waals surface area contributed by atoms with Crippen LogP contribution in [0.5, 0.6) is 0 Å². The summed E-state index contributed by atoms with van der Waals surface area (Å²) in [6, 6.07) is 0.206. The lowest BCUT2D eigenvalue weighted by Crippen LogP contribution is -2.46. The summed E-state index contributed by atoms with van der Waals surface area (Å²) >= 11 is 0. The van der Waals surface area contributed by atoms with Gasteiger partial charge < -0.3 is 20.8 Å². The number of carbonyl (C=O) groups is 3. The standard InChI is InChI=1S/C16H24N4O5/c1-16(25,15(23)24)10-17-14(22)11-7-18-20(8-11)9-13(21)19-12-5-3-2-4-6-12/h7-8,12,25H,2-6,9-10H2,1H3,(H,17,22)(H,19,21)(H,23,24). The highest BCUT2D eigenvalue weighted by Gasteiger charge is 2.30. The molecule has 9 nitrogen and oxygen atoms in total. The van der Waals surface area contributed by atoms with Crippen LogP contribution in [0.15, 0.2) is 12.4 Å². The maximum Gasteiger partial charge on any atom is 0.337 e. The number of amides is 2. The molecule has 1 fully saturated rings. The van der Waals surface area contributed by atoms with Crippen LogP contribution < -0.4 is 10.6 Å². The molecular weight excluding hydrogens is 328 g/mol. The highest BCUT2D eigenvalue weighted by Crippen LogP contribution is 2.17. The average molecular weight is 352 g/mol. The monoisotopic (exact) mass is 352 g/mol. The number of nitrogens with one attached hydrogen (secondary N) is 2. The van der Waals surface area contributed by atoms with E-state index < -0.39 is 24.0 Å². The van der Waals surface area contributed by atoms with Gasteiger partial charge in [-0.3, -0.25) is 14.3 Å². The first-order valence-electron chi connectivity index (χ1n) is 8.34. The number of hydrogen-bond acceptors (Lipinski definition) is 5. The number of aliphatic hydroxyl groups is 1. The summed E-state index contributed by atoms with van der Waals surface area (Å²) in [6.45, 7) is 0.666. The van der Waals surface area contributed by atoms with E-state index in [1.54, 1.807) is 0 Å². The molecule has 0 aromatic carbocycles. The molecule has 2 amide bonds. The van der Waals surface area contributed by atoms with Crippen LogP contribution in [0.2, 0.25) is 0 Å². The average Bonchev–Trinajstić information content (AvgIpc) is 3.01. The van der Waals surface area contributed by atoms with Crippen molar-refractivity contribution in [3.63, 3.8) is 0 Å². The largest absolute Gasteiger partial charge is 0.479 e. The van der Waals surface area contributed by atoms with Crippen LogP contribution in [-0.4, -0.2) is 56.0 Å². The van der Waals surface area contributed by atoms with Gasteiger partial charge in [-0.05, 0) is 19.8 Å². The molecule has 138 valence electrons. The van der Waals surface area contributed by atoms with Gasteiger partial charge in [-0.15, -0.1) is 0 Å². The molecule has 0 saturated heterocycles. The van der Waals surface area contributed by atoms with Crippen LogP contribution in [-0.2, 0) is 16.1 Å². The highest BCUT2D eigenvalue weighted by molar-refractivity contribution is 5.94. The normalized spacial score (nSPS) is 17.5. The first-order valence-corrected chi connectivity index (χ1v) is 8.34. The van der Waals surface area contributed by atoms with Crippen molar-refractivity contribution in [2.24, 2.45) is 0 Å². The number of aromatic nitrogens is 2. The molecule has 2 rings (SSSR count). The van der Waals surface area contributed by atoms with Gasteiger partial charge >= 0.3 is 5.97 Å². The van der Waals surface area contributed by atoms with Gasteiger partial charge in [0.25, 0.3) is 5.91 Å². The highest BCUT2D eigenvalue weighted by atomic mass is 16.4. The molecule has 1 saturated carbocycles. The predicted molar refractivity (Wildman–Crippen MR) is 87.8 cm³/mol. The quantitative estimate of drug-likeness (QED) is 0.541. The third-order valence-electron chi connectivity index (χ3n) is 4.23. The van der Waals surface area contributed by atoms with Crippen LogP contribution in [0.1, 0.15) is 49.4 Å². The van der Waals surface area contributed by atoms with Crippen molar-refractivity contribution >= 4 is 17.8 Å². The van der Waals surface area contributed by atoms with E-state index in [-0.39, 0.29) is 24.1 Å². The first-order chi connectivity index (χ1) is 11.8. The van der Waals surface area contributed by atoms with E-state index >= 15 is 0 Å². The summed E-state index contributed by atoms with van der Waals surface area (Å²) in [7, 11) is 0. The fraction of sp³-hybridized carbons (Fsp3) is 0.625. The first kappa shape index (κ1) is 18.9. The van der Waals surface area contributed by atoms with Crippen LogP contribution in [0.25, 0.3) is 0 Å². The minimum absolute atomic E-state index is 0.0105. The number of hydrogen-bond donors (Lipinski definition) is 4. The second-order valence-electron chi connectivity index (χ2n) is 6.59. The Balaban J connectivity index is 1.83. The summed E-state index contributed by atoms with van der Waals surface area (Å²) in [5, 5.41) is 27.6. The zero-order chi connectivity index (χ0) is 18.4. The van der Waals surface area contributed by atoms with Gasteiger partial charge in [-0.25, -0.2) is 4.79 Å². The zero-order valence-electron chi connectivity index (χ0n) is 14.2. The fourth-order valence-corrected chi connectivity index (χ4v) is 2.66. The van der Waals surface area contributed by atoms with Crippen molar-refractivity contribution in [1.29, 1.82) is 0 Å². The van der Waals surface area contributed by atoms with Crippen LogP contribution in [0, 0.1) is 0 Å². The topological polar surface area (TPSA) is 134 Å². The maximum absolute atomic E-state index is 12.0. The van der Waals surface area contributed by atoms with Gasteiger partial charge in [0.2, 0.25) is 5.91 Å². The molecular formula is C16H24N4O5. The summed E-state index contributed by atoms with van der Waals surface area (Å²) < 4.78 is 1.35. The van der Waals surface area contributed by atoms with Crippen LogP contribution >= 0.6 is 0 Å². The van der Waals surface area contributed by atoms with E-state index in [4.69, 9.17) is 5.11 Å². The number of nitrogens with zero attached hydrogens (tertiary/aromatic N) is 2. The minimum atomic E-state index is -2.05. The number of carboxylic acid groups (broad SMARTS) is 1. The van der Waals surface area contributed by atoms with Crippen LogP contribution in [0.3, 0.4) is 0 Å². The maximum atomic E-state index is 12.0. The molecule has 1 heterocycles. The molecule has 1 aliphatic rings. The Kier molecular flexibility index (Phi) is 6.13. The van der Waals surface area contributed by atoms with Gasteiger partial charge in [0.15, 0.2) is 5.60 Å². The third-order valence-corrected chi connectivity index (χ3v) is 4.23. The molecule has 25 heavy (non-hydrogen) atoms. The van der Waals surface area contributed by atoms with Gasteiger partial charge in [-0.1, -0.05) is 19.3 Å². The third kappa shape index (κ3) is 5.56. The SMILES string of the molecule is CC(O)(CNC(=O)c1cnn(CC(=O)NC2CCCCC2)c1)C(=O)O. The van der Waals surface area contributed by atoms with E-state index in [0.29, 0.717) is 0 Å². The Labute approximate surface area is 145 Å². The van der Waals surface area contributed by atoms with E-state index in [2.05, 4.69) is 15.7 Å². The molecule has 9 heteroatoms. The van der Waals surface area contributed by atoms with Gasteiger partial charge in [0.1, 0.15) is 6.54 Å². The smallest absolute Gasteiger partial charge is 0.337 e. The van der Waals surface area contributed by atoms with E-state index in [1.165, 1.54) is 23.5 Å². The number of carbonyl (C=O) groups excluding carboxylic acids is 2. The molecule has 1 aromatic rings. The van der Waals surface area contributed by atoms with Crippen LogP contribution in [0.4, 0.5) is 0 Å². The van der Waals surface area contributed by atoms with Crippen molar-refractivity contribution < 1.29 is 24.6 Å². The molecule has 4 N–H and O–H groups in total. The lowest BCUT2D eigenvalue weighted by Gasteiger charge is -2.22. The Morgan fingerprint density at radius 2 is 2.00 bits per heavy atom. The predicted octanol–water partition coefficient (Wildman–Crippen LogP) is -0.103. The molecule has 1 aliphatic carbocycles. The summed E-state index contributed by atoms with van der Waals surface area (Å²) in [5.41, 5.74) is -1.86. The summed E-state index contributed by atoms with van der Waals surface area (Å²) in [5.74, 6) is -2.15. The lowest BCUT2D eigenvalue weighted by molar-refractivity contribution is -0.155.